The second kappa shape index (κ2) is 7.20. The number of carbonyl (C=O) groups is 1. The molecule has 0 aliphatic carbocycles. The Morgan fingerprint density at radius 3 is 2.68 bits per heavy atom. The molecule has 1 amide bonds. The molecule has 0 spiro atoms. The number of benzene rings is 1. The maximum Gasteiger partial charge on any atom is 0.255 e. The van der Waals surface area contributed by atoms with Gasteiger partial charge in [-0.25, -0.2) is 13.4 Å². The van der Waals surface area contributed by atoms with Crippen LogP contribution in [0.3, 0.4) is 0 Å². The van der Waals surface area contributed by atoms with Gasteiger partial charge in [-0.1, -0.05) is 0 Å². The van der Waals surface area contributed by atoms with Crippen molar-refractivity contribution in [1.29, 1.82) is 0 Å². The fraction of sp³-hybridized carbons (Fsp3) is 0.294. The van der Waals surface area contributed by atoms with E-state index in [0.29, 0.717) is 30.3 Å². The van der Waals surface area contributed by atoms with Crippen molar-refractivity contribution in [2.75, 3.05) is 24.8 Å². The average molecular weight is 362 g/mol. The van der Waals surface area contributed by atoms with Crippen LogP contribution in [0, 0.1) is 0 Å². The Bertz CT molecular complexity index is 859. The lowest BCUT2D eigenvalue weighted by atomic mass is 10.2. The summed E-state index contributed by atoms with van der Waals surface area (Å²) < 4.78 is 33.8. The van der Waals surface area contributed by atoms with E-state index in [-0.39, 0.29) is 16.9 Å². The van der Waals surface area contributed by atoms with Crippen LogP contribution in [0.15, 0.2) is 47.5 Å². The van der Waals surface area contributed by atoms with Gasteiger partial charge in [0.25, 0.3) is 5.91 Å². The standard InChI is InChI=1S/C17H18N2O5S/c1-25(21,22)15-4-2-13(3-5-15)19-17(20)12-6-8-18-16(10-12)24-14-7-9-23-11-14/h2-6,8,10,14H,7,9,11H2,1H3,(H,19,20)/t14-/m0/s1. The summed E-state index contributed by atoms with van der Waals surface area (Å²) in [5.74, 6) is 0.0394. The lowest BCUT2D eigenvalue weighted by Gasteiger charge is -2.11. The van der Waals surface area contributed by atoms with Crippen LogP contribution in [-0.4, -0.2) is 44.9 Å². The van der Waals surface area contributed by atoms with Crippen molar-refractivity contribution in [3.05, 3.63) is 48.2 Å². The third kappa shape index (κ3) is 4.55. The molecule has 3 rings (SSSR count). The number of pyridine rings is 1. The number of anilines is 1. The van der Waals surface area contributed by atoms with Crippen molar-refractivity contribution in [2.45, 2.75) is 17.4 Å². The first-order chi connectivity index (χ1) is 11.9. The normalized spacial score (nSPS) is 17.2. The van der Waals surface area contributed by atoms with E-state index in [9.17, 15) is 13.2 Å². The van der Waals surface area contributed by atoms with Crippen molar-refractivity contribution < 1.29 is 22.7 Å². The summed E-state index contributed by atoms with van der Waals surface area (Å²) in [6.45, 7) is 1.18. The van der Waals surface area contributed by atoms with Gasteiger partial charge in [0.2, 0.25) is 5.88 Å². The zero-order valence-corrected chi connectivity index (χ0v) is 14.5. The summed E-state index contributed by atoms with van der Waals surface area (Å²) in [7, 11) is -3.27. The highest BCUT2D eigenvalue weighted by Crippen LogP contribution is 2.18. The highest BCUT2D eigenvalue weighted by molar-refractivity contribution is 7.90. The van der Waals surface area contributed by atoms with Gasteiger partial charge in [-0.3, -0.25) is 4.79 Å². The molecule has 1 aliphatic rings. The molecular weight excluding hydrogens is 344 g/mol. The van der Waals surface area contributed by atoms with E-state index in [4.69, 9.17) is 9.47 Å². The van der Waals surface area contributed by atoms with Crippen LogP contribution in [0.1, 0.15) is 16.8 Å². The Morgan fingerprint density at radius 1 is 1.28 bits per heavy atom. The molecule has 7 nitrogen and oxygen atoms in total. The number of nitrogens with zero attached hydrogens (tertiary/aromatic N) is 1. The maximum absolute atomic E-state index is 12.3. The van der Waals surface area contributed by atoms with E-state index >= 15 is 0 Å². The molecule has 1 atom stereocenters. The number of carbonyl (C=O) groups excluding carboxylic acids is 1. The topological polar surface area (TPSA) is 94.6 Å². The van der Waals surface area contributed by atoms with Gasteiger partial charge in [0.15, 0.2) is 9.84 Å². The summed E-state index contributed by atoms with van der Waals surface area (Å²) in [6.07, 6.45) is 3.39. The summed E-state index contributed by atoms with van der Waals surface area (Å²) in [5.41, 5.74) is 0.900. The first-order valence-corrected chi connectivity index (χ1v) is 9.63. The van der Waals surface area contributed by atoms with Crippen molar-refractivity contribution in [3.63, 3.8) is 0 Å². The Labute approximate surface area is 145 Å². The Hall–Kier alpha value is -2.45. The zero-order valence-electron chi connectivity index (χ0n) is 13.6. The summed E-state index contributed by atoms with van der Waals surface area (Å²) in [4.78, 5) is 16.7. The van der Waals surface area contributed by atoms with Gasteiger partial charge < -0.3 is 14.8 Å². The first-order valence-electron chi connectivity index (χ1n) is 7.74. The molecule has 1 saturated heterocycles. The predicted molar refractivity (Wildman–Crippen MR) is 91.6 cm³/mol. The van der Waals surface area contributed by atoms with Gasteiger partial charge >= 0.3 is 0 Å². The van der Waals surface area contributed by atoms with Crippen LogP contribution >= 0.6 is 0 Å². The van der Waals surface area contributed by atoms with Crippen molar-refractivity contribution in [2.24, 2.45) is 0 Å². The summed E-state index contributed by atoms with van der Waals surface area (Å²) in [6, 6.07) is 9.14. The summed E-state index contributed by atoms with van der Waals surface area (Å²) in [5, 5.41) is 2.72. The second-order valence-electron chi connectivity index (χ2n) is 5.74. The minimum absolute atomic E-state index is 0.0469. The zero-order chi connectivity index (χ0) is 17.9. The number of ether oxygens (including phenoxy) is 2. The fourth-order valence-corrected chi connectivity index (χ4v) is 3.01. The Balaban J connectivity index is 1.68. The monoisotopic (exact) mass is 362 g/mol. The minimum Gasteiger partial charge on any atom is -0.472 e. The molecule has 0 saturated carbocycles. The third-order valence-corrected chi connectivity index (χ3v) is 4.84. The van der Waals surface area contributed by atoms with Gasteiger partial charge in [0.05, 0.1) is 18.1 Å². The van der Waals surface area contributed by atoms with Crippen LogP contribution in [0.2, 0.25) is 0 Å². The van der Waals surface area contributed by atoms with E-state index in [0.717, 1.165) is 12.7 Å². The van der Waals surface area contributed by atoms with Gasteiger partial charge in [-0.15, -0.1) is 0 Å². The van der Waals surface area contributed by atoms with Crippen LogP contribution in [0.25, 0.3) is 0 Å². The largest absolute Gasteiger partial charge is 0.472 e. The van der Waals surface area contributed by atoms with E-state index in [1.165, 1.54) is 18.3 Å². The molecular formula is C17H18N2O5S. The van der Waals surface area contributed by atoms with Crippen LogP contribution < -0.4 is 10.1 Å². The molecule has 8 heteroatoms. The van der Waals surface area contributed by atoms with Gasteiger partial charge in [0.1, 0.15) is 6.10 Å². The fourth-order valence-electron chi connectivity index (χ4n) is 2.38. The molecule has 132 valence electrons. The number of aromatic nitrogens is 1. The molecule has 25 heavy (non-hydrogen) atoms. The summed E-state index contributed by atoms with van der Waals surface area (Å²) >= 11 is 0. The molecule has 1 N–H and O–H groups in total. The van der Waals surface area contributed by atoms with Crippen LogP contribution in [0.4, 0.5) is 5.69 Å². The average Bonchev–Trinajstić information content (AvgIpc) is 3.08. The number of amides is 1. The Morgan fingerprint density at radius 2 is 2.04 bits per heavy atom. The minimum atomic E-state index is -3.27. The number of rotatable bonds is 5. The molecule has 0 radical (unpaired) electrons. The highest BCUT2D eigenvalue weighted by Gasteiger charge is 2.18. The molecule has 1 aromatic heterocycles. The van der Waals surface area contributed by atoms with Crippen molar-refractivity contribution >= 4 is 21.4 Å². The number of sulfone groups is 1. The van der Waals surface area contributed by atoms with Crippen LogP contribution in [-0.2, 0) is 14.6 Å². The molecule has 1 fully saturated rings. The third-order valence-electron chi connectivity index (χ3n) is 3.71. The van der Waals surface area contributed by atoms with Crippen LogP contribution in [0.5, 0.6) is 5.88 Å². The van der Waals surface area contributed by atoms with Crippen molar-refractivity contribution in [3.8, 4) is 5.88 Å². The lowest BCUT2D eigenvalue weighted by molar-refractivity contribution is 0.102. The van der Waals surface area contributed by atoms with E-state index in [1.807, 2.05) is 0 Å². The molecule has 0 unspecified atom stereocenters. The first kappa shape index (κ1) is 17.4. The smallest absolute Gasteiger partial charge is 0.255 e. The second-order valence-corrected chi connectivity index (χ2v) is 7.75. The van der Waals surface area contributed by atoms with E-state index < -0.39 is 9.84 Å². The number of hydrogen-bond donors (Lipinski definition) is 1. The van der Waals surface area contributed by atoms with E-state index in [2.05, 4.69) is 10.3 Å². The molecule has 0 bridgehead atoms. The molecule has 1 aromatic carbocycles. The van der Waals surface area contributed by atoms with Crippen molar-refractivity contribution in [1.82, 2.24) is 4.98 Å². The van der Waals surface area contributed by atoms with E-state index in [1.54, 1.807) is 24.3 Å². The van der Waals surface area contributed by atoms with Gasteiger partial charge in [-0.05, 0) is 30.3 Å². The molecule has 2 aromatic rings. The molecule has 1 aliphatic heterocycles. The Kier molecular flexibility index (Phi) is 5.00. The highest BCUT2D eigenvalue weighted by atomic mass is 32.2. The predicted octanol–water partition coefficient (Wildman–Crippen LogP) is 1.91. The quantitative estimate of drug-likeness (QED) is 0.873. The SMILES string of the molecule is CS(=O)(=O)c1ccc(NC(=O)c2ccnc(O[C@H]3CCOC3)c2)cc1. The van der Waals surface area contributed by atoms with Gasteiger partial charge in [0, 0.05) is 36.2 Å². The number of nitrogens with one attached hydrogen (secondary N) is 1. The molecule has 2 heterocycles. The maximum atomic E-state index is 12.3. The lowest BCUT2D eigenvalue weighted by Crippen LogP contribution is -2.17. The van der Waals surface area contributed by atoms with Gasteiger partial charge in [-0.2, -0.15) is 0 Å². The number of hydrogen-bond acceptors (Lipinski definition) is 6.